The number of esters is 1. The van der Waals surface area contributed by atoms with Gasteiger partial charge in [-0.1, -0.05) is 18.0 Å². The van der Waals surface area contributed by atoms with Crippen LogP contribution in [0.15, 0.2) is 18.5 Å². The van der Waals surface area contributed by atoms with Crippen LogP contribution < -0.4 is 0 Å². The van der Waals surface area contributed by atoms with E-state index in [1.54, 1.807) is 19.2 Å². The molecule has 0 spiro atoms. The van der Waals surface area contributed by atoms with Crippen LogP contribution in [0.1, 0.15) is 38.2 Å². The molecule has 1 aliphatic carbocycles. The van der Waals surface area contributed by atoms with Crippen molar-refractivity contribution in [3.05, 3.63) is 29.0 Å². The lowest BCUT2D eigenvalue weighted by Crippen LogP contribution is -2.44. The van der Waals surface area contributed by atoms with E-state index in [-0.39, 0.29) is 12.4 Å². The van der Waals surface area contributed by atoms with Gasteiger partial charge in [-0.15, -0.1) is 0 Å². The number of ether oxygens (including phenoxy) is 1. The average molecular weight is 296 g/mol. The van der Waals surface area contributed by atoms with Gasteiger partial charge in [-0.2, -0.15) is 0 Å². The first-order valence-electron chi connectivity index (χ1n) is 6.89. The number of carbonyl (C=O) groups excluding carboxylic acids is 2. The van der Waals surface area contributed by atoms with E-state index in [2.05, 4.69) is 4.98 Å². The maximum atomic E-state index is 12.4. The van der Waals surface area contributed by atoms with Crippen LogP contribution in [-0.4, -0.2) is 23.3 Å². The number of rotatable bonds is 4. The minimum Gasteiger partial charge on any atom is -0.465 e. The van der Waals surface area contributed by atoms with Gasteiger partial charge in [-0.05, 0) is 37.8 Å². The first-order chi connectivity index (χ1) is 9.60. The van der Waals surface area contributed by atoms with Gasteiger partial charge in [0.15, 0.2) is 5.78 Å². The number of halogens is 1. The van der Waals surface area contributed by atoms with Crippen molar-refractivity contribution in [3.63, 3.8) is 0 Å². The number of hydrogen-bond acceptors (Lipinski definition) is 4. The van der Waals surface area contributed by atoms with Crippen LogP contribution in [0.2, 0.25) is 5.02 Å². The Hall–Kier alpha value is -1.42. The molecule has 0 aliphatic heterocycles. The van der Waals surface area contributed by atoms with Crippen LogP contribution in [0, 0.1) is 5.41 Å². The van der Waals surface area contributed by atoms with Gasteiger partial charge in [-0.3, -0.25) is 14.6 Å². The highest BCUT2D eigenvalue weighted by molar-refractivity contribution is 6.31. The molecule has 5 heteroatoms. The fourth-order valence-corrected chi connectivity index (χ4v) is 2.89. The van der Waals surface area contributed by atoms with Crippen molar-refractivity contribution in [3.8, 4) is 0 Å². The molecule has 1 aliphatic rings. The summed E-state index contributed by atoms with van der Waals surface area (Å²) in [5, 5.41) is 0.481. The second-order valence-corrected chi connectivity index (χ2v) is 5.48. The van der Waals surface area contributed by atoms with E-state index in [1.807, 2.05) is 0 Å². The van der Waals surface area contributed by atoms with Crippen LogP contribution >= 0.6 is 11.6 Å². The summed E-state index contributed by atoms with van der Waals surface area (Å²) in [4.78, 5) is 28.7. The Bertz CT molecular complexity index is 518. The van der Waals surface area contributed by atoms with Gasteiger partial charge in [-0.25, -0.2) is 0 Å². The number of carbonyl (C=O) groups is 2. The van der Waals surface area contributed by atoms with Crippen molar-refractivity contribution < 1.29 is 14.3 Å². The molecule has 0 aromatic carbocycles. The highest BCUT2D eigenvalue weighted by Gasteiger charge is 2.48. The Labute approximate surface area is 123 Å². The molecule has 1 aromatic heterocycles. The second-order valence-electron chi connectivity index (χ2n) is 5.08. The summed E-state index contributed by atoms with van der Waals surface area (Å²) in [6, 6.07) is 1.76. The molecule has 108 valence electrons. The second kappa shape index (κ2) is 6.35. The third-order valence-corrected chi connectivity index (χ3v) is 4.15. The van der Waals surface area contributed by atoms with Gasteiger partial charge < -0.3 is 4.74 Å². The van der Waals surface area contributed by atoms with Crippen molar-refractivity contribution in [1.29, 1.82) is 0 Å². The van der Waals surface area contributed by atoms with Crippen LogP contribution in [0.3, 0.4) is 0 Å². The Balaban J connectivity index is 2.34. The van der Waals surface area contributed by atoms with E-state index >= 15 is 0 Å². The summed E-state index contributed by atoms with van der Waals surface area (Å²) in [7, 11) is 0. The summed E-state index contributed by atoms with van der Waals surface area (Å²) in [5.41, 5.74) is -0.302. The quantitative estimate of drug-likeness (QED) is 0.633. The Morgan fingerprint density at radius 3 is 2.95 bits per heavy atom. The third kappa shape index (κ3) is 2.85. The minimum atomic E-state index is -1.07. The van der Waals surface area contributed by atoms with Crippen LogP contribution in [0.5, 0.6) is 0 Å². The van der Waals surface area contributed by atoms with Gasteiger partial charge in [0.05, 0.1) is 11.6 Å². The molecule has 1 saturated carbocycles. The van der Waals surface area contributed by atoms with Crippen LogP contribution in [-0.2, 0) is 20.7 Å². The average Bonchev–Trinajstić information content (AvgIpc) is 2.44. The largest absolute Gasteiger partial charge is 0.465 e. The number of ketones is 1. The van der Waals surface area contributed by atoms with Gasteiger partial charge in [0, 0.05) is 18.8 Å². The molecule has 0 amide bonds. The fraction of sp³-hybridized carbons (Fsp3) is 0.533. The smallest absolute Gasteiger partial charge is 0.319 e. The lowest BCUT2D eigenvalue weighted by Gasteiger charge is -2.33. The first kappa shape index (κ1) is 15.0. The number of Topliss-reactive ketones (excluding diaryl/α,β-unsaturated/α-hetero) is 1. The van der Waals surface area contributed by atoms with Crippen molar-refractivity contribution in [2.24, 2.45) is 5.41 Å². The summed E-state index contributed by atoms with van der Waals surface area (Å²) in [5.74, 6) is -0.451. The Kier molecular flexibility index (Phi) is 4.76. The molecule has 4 nitrogen and oxygen atoms in total. The predicted octanol–water partition coefficient (Wildman–Crippen LogP) is 2.97. The summed E-state index contributed by atoms with van der Waals surface area (Å²) in [6.45, 7) is 2.02. The molecule has 1 aromatic rings. The maximum Gasteiger partial charge on any atom is 0.319 e. The van der Waals surface area contributed by atoms with Crippen LogP contribution in [0.4, 0.5) is 0 Å². The molecule has 0 bridgehead atoms. The zero-order valence-electron chi connectivity index (χ0n) is 11.5. The van der Waals surface area contributed by atoms with Gasteiger partial charge in [0.2, 0.25) is 0 Å². The summed E-state index contributed by atoms with van der Waals surface area (Å²) >= 11 is 6.11. The normalized spacial score (nSPS) is 22.6. The van der Waals surface area contributed by atoms with E-state index in [4.69, 9.17) is 16.3 Å². The predicted molar refractivity (Wildman–Crippen MR) is 75.5 cm³/mol. The van der Waals surface area contributed by atoms with Crippen molar-refractivity contribution in [2.75, 3.05) is 6.61 Å². The maximum absolute atomic E-state index is 12.4. The van der Waals surface area contributed by atoms with E-state index in [1.165, 1.54) is 6.20 Å². The number of hydrogen-bond donors (Lipinski definition) is 0. The minimum absolute atomic E-state index is 0.0323. The molecule has 1 heterocycles. The monoisotopic (exact) mass is 295 g/mol. The highest BCUT2D eigenvalue weighted by Crippen LogP contribution is 2.39. The molecule has 0 saturated heterocycles. The van der Waals surface area contributed by atoms with Gasteiger partial charge >= 0.3 is 5.97 Å². The molecular formula is C15H18ClNO3. The SMILES string of the molecule is CCOC(=O)C1(Cc2ccncc2Cl)CCCCC1=O. The molecule has 20 heavy (non-hydrogen) atoms. The zero-order chi connectivity index (χ0) is 14.6. The van der Waals surface area contributed by atoms with Gasteiger partial charge in [0.25, 0.3) is 0 Å². The fourth-order valence-electron chi connectivity index (χ4n) is 2.71. The number of aromatic nitrogens is 1. The summed E-state index contributed by atoms with van der Waals surface area (Å²) in [6.07, 6.45) is 6.10. The Morgan fingerprint density at radius 1 is 1.50 bits per heavy atom. The van der Waals surface area contributed by atoms with E-state index in [9.17, 15) is 9.59 Å². The third-order valence-electron chi connectivity index (χ3n) is 3.81. The van der Waals surface area contributed by atoms with Gasteiger partial charge in [0.1, 0.15) is 5.41 Å². The van der Waals surface area contributed by atoms with Crippen molar-refractivity contribution in [1.82, 2.24) is 4.98 Å². The van der Waals surface area contributed by atoms with E-state index in [0.717, 1.165) is 18.4 Å². The lowest BCUT2D eigenvalue weighted by atomic mass is 9.69. The molecular weight excluding hydrogens is 278 g/mol. The molecule has 1 unspecified atom stereocenters. The van der Waals surface area contributed by atoms with Crippen molar-refractivity contribution in [2.45, 2.75) is 39.0 Å². The molecule has 0 radical (unpaired) electrons. The lowest BCUT2D eigenvalue weighted by molar-refractivity contribution is -0.162. The first-order valence-corrected chi connectivity index (χ1v) is 7.27. The van der Waals surface area contributed by atoms with E-state index < -0.39 is 11.4 Å². The van der Waals surface area contributed by atoms with Crippen LogP contribution in [0.25, 0.3) is 0 Å². The number of pyridine rings is 1. The number of nitrogens with zero attached hydrogens (tertiary/aromatic N) is 1. The molecule has 1 atom stereocenters. The summed E-state index contributed by atoms with van der Waals surface area (Å²) < 4.78 is 5.15. The molecule has 0 N–H and O–H groups in total. The topological polar surface area (TPSA) is 56.3 Å². The zero-order valence-corrected chi connectivity index (χ0v) is 12.3. The highest BCUT2D eigenvalue weighted by atomic mass is 35.5. The standard InChI is InChI=1S/C15H18ClNO3/c1-2-20-14(19)15(7-4-3-5-13(15)18)9-11-6-8-17-10-12(11)16/h6,8,10H,2-5,7,9H2,1H3. The molecule has 2 rings (SSSR count). The molecule has 1 fully saturated rings. The Morgan fingerprint density at radius 2 is 2.30 bits per heavy atom. The van der Waals surface area contributed by atoms with E-state index in [0.29, 0.717) is 24.3 Å². The van der Waals surface area contributed by atoms with Crippen molar-refractivity contribution >= 4 is 23.4 Å².